The molecule has 2 aliphatic carbocycles. The van der Waals surface area contributed by atoms with Gasteiger partial charge in [0.15, 0.2) is 23.2 Å². The molecule has 182 valence electrons. The summed E-state index contributed by atoms with van der Waals surface area (Å²) in [6, 6.07) is 6.88. The summed E-state index contributed by atoms with van der Waals surface area (Å²) in [5.41, 5.74) is 0.483. The summed E-state index contributed by atoms with van der Waals surface area (Å²) >= 11 is 0. The normalized spacial score (nSPS) is 24.7. The zero-order valence-corrected chi connectivity index (χ0v) is 20.0. The van der Waals surface area contributed by atoms with Crippen molar-refractivity contribution in [2.24, 2.45) is 17.8 Å². The highest BCUT2D eigenvalue weighted by Gasteiger charge is 2.37. The predicted octanol–water partition coefficient (Wildman–Crippen LogP) is 8.29. The topological polar surface area (TPSA) is 26.3 Å². The Morgan fingerprint density at radius 2 is 1.76 bits per heavy atom. The van der Waals surface area contributed by atoms with E-state index in [1.165, 1.54) is 43.5 Å². The van der Waals surface area contributed by atoms with Crippen LogP contribution in [0.3, 0.4) is 0 Å². The van der Waals surface area contributed by atoms with Gasteiger partial charge in [0.05, 0.1) is 5.56 Å². The molecule has 2 aromatic carbocycles. The van der Waals surface area contributed by atoms with E-state index in [-0.39, 0.29) is 11.7 Å². The summed E-state index contributed by atoms with van der Waals surface area (Å²) in [5.74, 6) is -2.39. The van der Waals surface area contributed by atoms with Crippen LogP contribution >= 0.6 is 0 Å². The predicted molar refractivity (Wildman–Crippen MR) is 127 cm³/mol. The lowest BCUT2D eigenvalue weighted by Crippen LogP contribution is -2.30. The van der Waals surface area contributed by atoms with Crippen LogP contribution in [0.25, 0.3) is 0 Å². The van der Waals surface area contributed by atoms with Crippen LogP contribution in [0.4, 0.5) is 13.2 Å². The zero-order chi connectivity index (χ0) is 24.2. The smallest absolute Gasteiger partial charge is 0.346 e. The summed E-state index contributed by atoms with van der Waals surface area (Å²) in [6.45, 7) is 3.76. The minimum absolute atomic E-state index is 0.0464. The van der Waals surface area contributed by atoms with Gasteiger partial charge in [-0.3, -0.25) is 0 Å². The van der Waals surface area contributed by atoms with E-state index in [2.05, 4.69) is 19.1 Å². The SMILES string of the molecule is C/C=C/CCC1CCC2CC(c3ccc(C(=O)Oc4ccc(C)cc4F)c(F)c3F)CCC2C1. The fraction of sp³-hybridized carbons (Fsp3) is 0.483. The van der Waals surface area contributed by atoms with Gasteiger partial charge in [-0.15, -0.1) is 0 Å². The van der Waals surface area contributed by atoms with Crippen molar-refractivity contribution in [2.45, 2.75) is 71.1 Å². The monoisotopic (exact) mass is 470 g/mol. The zero-order valence-electron chi connectivity index (χ0n) is 20.0. The van der Waals surface area contributed by atoms with Crippen molar-refractivity contribution in [1.82, 2.24) is 0 Å². The highest BCUT2D eigenvalue weighted by Crippen LogP contribution is 2.49. The number of benzene rings is 2. The van der Waals surface area contributed by atoms with Crippen molar-refractivity contribution in [3.8, 4) is 5.75 Å². The van der Waals surface area contributed by atoms with Crippen LogP contribution in [0, 0.1) is 42.1 Å². The fourth-order valence-electron chi connectivity index (χ4n) is 5.91. The van der Waals surface area contributed by atoms with Crippen molar-refractivity contribution in [1.29, 1.82) is 0 Å². The first kappa shape index (κ1) is 24.6. The van der Waals surface area contributed by atoms with Crippen molar-refractivity contribution in [3.63, 3.8) is 0 Å². The minimum atomic E-state index is -1.22. The summed E-state index contributed by atoms with van der Waals surface area (Å²) in [5, 5.41) is 0. The van der Waals surface area contributed by atoms with Crippen LogP contribution in [0.1, 0.15) is 85.7 Å². The van der Waals surface area contributed by atoms with E-state index in [0.29, 0.717) is 23.0 Å². The molecule has 4 rings (SSSR count). The van der Waals surface area contributed by atoms with E-state index in [1.54, 1.807) is 13.0 Å². The molecule has 0 amide bonds. The van der Waals surface area contributed by atoms with Gasteiger partial charge >= 0.3 is 5.97 Å². The molecule has 0 N–H and O–H groups in total. The number of rotatable bonds is 6. The van der Waals surface area contributed by atoms with Gasteiger partial charge in [-0.25, -0.2) is 18.0 Å². The molecule has 4 atom stereocenters. The summed E-state index contributed by atoms with van der Waals surface area (Å²) in [4.78, 5) is 12.4. The molecule has 0 spiro atoms. The van der Waals surface area contributed by atoms with Gasteiger partial charge in [-0.1, -0.05) is 30.7 Å². The number of carbonyl (C=O) groups is 1. The van der Waals surface area contributed by atoms with E-state index in [1.807, 2.05) is 0 Å². The molecule has 0 aliphatic heterocycles. The lowest BCUT2D eigenvalue weighted by Gasteiger charge is -2.42. The standard InChI is InChI=1S/C29H33F3O2/c1-3-4-5-6-19-8-9-21-17-22(11-10-20(21)16-19)23-12-13-24(28(32)27(23)31)29(33)34-26-14-7-18(2)15-25(26)30/h3-4,7,12-15,19-22H,5-6,8-11,16-17H2,1-2H3/b4-3+. The third-order valence-corrected chi connectivity index (χ3v) is 7.76. The van der Waals surface area contributed by atoms with E-state index < -0.39 is 29.0 Å². The quantitative estimate of drug-likeness (QED) is 0.241. The van der Waals surface area contributed by atoms with Crippen LogP contribution in [0.2, 0.25) is 0 Å². The average Bonchev–Trinajstić information content (AvgIpc) is 2.82. The molecule has 0 radical (unpaired) electrons. The molecular weight excluding hydrogens is 437 g/mol. The highest BCUT2D eigenvalue weighted by atomic mass is 19.2. The average molecular weight is 471 g/mol. The third-order valence-electron chi connectivity index (χ3n) is 7.76. The van der Waals surface area contributed by atoms with Crippen molar-refractivity contribution < 1.29 is 22.7 Å². The Balaban J connectivity index is 1.42. The van der Waals surface area contributed by atoms with Crippen LogP contribution in [-0.2, 0) is 0 Å². The maximum atomic E-state index is 15.1. The molecular formula is C29H33F3O2. The fourth-order valence-corrected chi connectivity index (χ4v) is 5.91. The first-order valence-corrected chi connectivity index (χ1v) is 12.4. The van der Waals surface area contributed by atoms with Gasteiger partial charge < -0.3 is 4.74 Å². The van der Waals surface area contributed by atoms with Gasteiger partial charge in [0.1, 0.15) is 0 Å². The van der Waals surface area contributed by atoms with Gasteiger partial charge in [0.25, 0.3) is 0 Å². The Morgan fingerprint density at radius 3 is 2.53 bits per heavy atom. The van der Waals surface area contributed by atoms with E-state index in [0.717, 1.165) is 38.0 Å². The molecule has 0 saturated heterocycles. The molecule has 2 aliphatic rings. The first-order chi connectivity index (χ1) is 16.4. The highest BCUT2D eigenvalue weighted by molar-refractivity contribution is 5.91. The van der Waals surface area contributed by atoms with Gasteiger partial charge in [-0.2, -0.15) is 0 Å². The van der Waals surface area contributed by atoms with Crippen LogP contribution in [-0.4, -0.2) is 5.97 Å². The molecule has 2 fully saturated rings. The molecule has 2 aromatic rings. The number of esters is 1. The summed E-state index contributed by atoms with van der Waals surface area (Å²) in [6.07, 6.45) is 13.0. The van der Waals surface area contributed by atoms with Crippen molar-refractivity contribution >= 4 is 5.97 Å². The third kappa shape index (κ3) is 5.39. The lowest BCUT2D eigenvalue weighted by atomic mass is 9.63. The molecule has 0 heterocycles. The maximum absolute atomic E-state index is 15.1. The number of carbonyl (C=O) groups excluding carboxylic acids is 1. The summed E-state index contributed by atoms with van der Waals surface area (Å²) < 4.78 is 49.0. The Labute approximate surface area is 200 Å². The lowest BCUT2D eigenvalue weighted by molar-refractivity contribution is 0.0721. The second kappa shape index (κ2) is 10.8. The second-order valence-corrected chi connectivity index (χ2v) is 10.0. The number of hydrogen-bond donors (Lipinski definition) is 0. The number of hydrogen-bond acceptors (Lipinski definition) is 2. The number of fused-ring (bicyclic) bond motifs is 1. The first-order valence-electron chi connectivity index (χ1n) is 12.4. The molecule has 5 heteroatoms. The molecule has 0 bridgehead atoms. The Hall–Kier alpha value is -2.56. The molecule has 4 unspecified atom stereocenters. The molecule has 0 aromatic heterocycles. The van der Waals surface area contributed by atoms with Crippen LogP contribution in [0.5, 0.6) is 5.75 Å². The number of aryl methyl sites for hydroxylation is 1. The van der Waals surface area contributed by atoms with Gasteiger partial charge in [-0.05, 0) is 112 Å². The van der Waals surface area contributed by atoms with Crippen molar-refractivity contribution in [3.05, 3.63) is 76.6 Å². The van der Waals surface area contributed by atoms with Gasteiger partial charge in [0, 0.05) is 0 Å². The molecule has 2 nitrogen and oxygen atoms in total. The van der Waals surface area contributed by atoms with Gasteiger partial charge in [0.2, 0.25) is 0 Å². The maximum Gasteiger partial charge on any atom is 0.346 e. The minimum Gasteiger partial charge on any atom is -0.420 e. The molecule has 34 heavy (non-hydrogen) atoms. The van der Waals surface area contributed by atoms with Crippen molar-refractivity contribution in [2.75, 3.05) is 0 Å². The van der Waals surface area contributed by atoms with Crippen LogP contribution in [0.15, 0.2) is 42.5 Å². The summed E-state index contributed by atoms with van der Waals surface area (Å²) in [7, 11) is 0. The van der Waals surface area contributed by atoms with Crippen LogP contribution < -0.4 is 4.74 Å². The van der Waals surface area contributed by atoms with E-state index in [4.69, 9.17) is 4.74 Å². The molecule has 2 saturated carbocycles. The Kier molecular flexibility index (Phi) is 7.80. The second-order valence-electron chi connectivity index (χ2n) is 10.0. The largest absolute Gasteiger partial charge is 0.420 e. The van der Waals surface area contributed by atoms with E-state index in [9.17, 15) is 13.6 Å². The van der Waals surface area contributed by atoms with E-state index >= 15 is 4.39 Å². The Morgan fingerprint density at radius 1 is 1.00 bits per heavy atom. The number of allylic oxidation sites excluding steroid dienone is 2. The number of ether oxygens (including phenoxy) is 1. The Bertz CT molecular complexity index is 1060. The number of halogens is 3.